The van der Waals surface area contributed by atoms with Gasteiger partial charge in [-0.3, -0.25) is 13.7 Å². The van der Waals surface area contributed by atoms with Crippen LogP contribution >= 0.6 is 0 Å². The Morgan fingerprint density at radius 3 is 2.75 bits per heavy atom. The van der Waals surface area contributed by atoms with Crippen LogP contribution in [0.3, 0.4) is 0 Å². The Morgan fingerprint density at radius 1 is 1.56 bits per heavy atom. The topological polar surface area (TPSA) is 83.6 Å². The number of carbonyl (C=O) groups excluding carboxylic acids is 1. The molecule has 0 aliphatic heterocycles. The quantitative estimate of drug-likeness (QED) is 0.749. The lowest BCUT2D eigenvalue weighted by molar-refractivity contribution is -0.117. The molecule has 0 saturated carbocycles. The highest BCUT2D eigenvalue weighted by atomic mass is 32.2. The molecule has 0 fully saturated rings. The van der Waals surface area contributed by atoms with Gasteiger partial charge >= 0.3 is 0 Å². The minimum Gasteiger partial charge on any atom is -0.370 e. The molecule has 16 heavy (non-hydrogen) atoms. The van der Waals surface area contributed by atoms with E-state index in [2.05, 4.69) is 0 Å². The molecule has 3 N–H and O–H groups in total. The van der Waals surface area contributed by atoms with Gasteiger partial charge in [0.15, 0.2) is 0 Å². The highest BCUT2D eigenvalue weighted by Crippen LogP contribution is 2.17. The number of rotatable bonds is 5. The van der Waals surface area contributed by atoms with Crippen molar-refractivity contribution in [3.05, 3.63) is 29.8 Å². The number of hydrogen-bond donors (Lipinski definition) is 2. The van der Waals surface area contributed by atoms with Crippen molar-refractivity contribution in [3.8, 4) is 0 Å². The Kier molecular flexibility index (Phi) is 4.45. The third-order valence-electron chi connectivity index (χ3n) is 2.04. The van der Waals surface area contributed by atoms with E-state index in [4.69, 9.17) is 10.3 Å². The predicted octanol–water partition coefficient (Wildman–Crippen LogP) is 0.814. The maximum atomic E-state index is 11.1. The number of anilines is 1. The van der Waals surface area contributed by atoms with Crippen molar-refractivity contribution < 1.29 is 13.6 Å². The number of nitrogens with two attached hydrogens (primary N) is 1. The van der Waals surface area contributed by atoms with Gasteiger partial charge in [0.05, 0.1) is 5.69 Å². The van der Waals surface area contributed by atoms with Crippen LogP contribution in [0.15, 0.2) is 24.3 Å². The highest BCUT2D eigenvalue weighted by molar-refractivity contribution is 7.80. The second-order valence-electron chi connectivity index (χ2n) is 3.39. The zero-order valence-corrected chi connectivity index (χ0v) is 9.74. The first-order valence-electron chi connectivity index (χ1n) is 4.74. The first kappa shape index (κ1) is 12.7. The van der Waals surface area contributed by atoms with Crippen LogP contribution in [-0.4, -0.2) is 21.2 Å². The normalized spacial score (nSPS) is 12.1. The van der Waals surface area contributed by atoms with E-state index in [0.29, 0.717) is 5.69 Å². The fourth-order valence-electron chi connectivity index (χ4n) is 1.29. The monoisotopic (exact) mass is 242 g/mol. The minimum absolute atomic E-state index is 0.0419. The summed E-state index contributed by atoms with van der Waals surface area (Å²) in [6.45, 7) is 2.01. The van der Waals surface area contributed by atoms with E-state index in [1.165, 1.54) is 4.31 Å². The van der Waals surface area contributed by atoms with Crippen LogP contribution in [-0.2, 0) is 16.1 Å². The first-order valence-corrected chi connectivity index (χ1v) is 5.80. The van der Waals surface area contributed by atoms with Crippen LogP contribution < -0.4 is 10.0 Å². The van der Waals surface area contributed by atoms with Crippen LogP contribution in [0.5, 0.6) is 0 Å². The fraction of sp³-hybridized carbons (Fsp3) is 0.300. The zero-order valence-electron chi connectivity index (χ0n) is 8.92. The molecule has 1 rings (SSSR count). The number of primary amides is 1. The van der Waals surface area contributed by atoms with Crippen LogP contribution in [0.4, 0.5) is 5.69 Å². The average molecular weight is 242 g/mol. The average Bonchev–Trinajstić information content (AvgIpc) is 2.17. The van der Waals surface area contributed by atoms with E-state index in [9.17, 15) is 9.00 Å². The number of benzene rings is 1. The molecule has 1 atom stereocenters. The van der Waals surface area contributed by atoms with E-state index >= 15 is 0 Å². The number of carbonyl (C=O) groups is 1. The Morgan fingerprint density at radius 2 is 2.25 bits per heavy atom. The van der Waals surface area contributed by atoms with E-state index < -0.39 is 17.2 Å². The Bertz CT molecular complexity index is 409. The molecule has 0 aliphatic rings. The Labute approximate surface area is 96.7 Å². The molecule has 0 heterocycles. The molecule has 88 valence electrons. The van der Waals surface area contributed by atoms with E-state index in [0.717, 1.165) is 5.56 Å². The van der Waals surface area contributed by atoms with Gasteiger partial charge in [0, 0.05) is 13.0 Å². The summed E-state index contributed by atoms with van der Waals surface area (Å²) >= 11 is -2.15. The summed E-state index contributed by atoms with van der Waals surface area (Å²) in [7, 11) is 0. The molecule has 0 spiro atoms. The Balaban J connectivity index is 2.85. The fourth-order valence-corrected chi connectivity index (χ4v) is 1.83. The smallest absolute Gasteiger partial charge is 0.261 e. The van der Waals surface area contributed by atoms with Crippen molar-refractivity contribution in [2.45, 2.75) is 13.3 Å². The van der Waals surface area contributed by atoms with Crippen LogP contribution in [0, 0.1) is 6.92 Å². The zero-order chi connectivity index (χ0) is 12.1. The van der Waals surface area contributed by atoms with Crippen LogP contribution in [0.25, 0.3) is 0 Å². The van der Waals surface area contributed by atoms with Gasteiger partial charge < -0.3 is 5.73 Å². The molecule has 0 aliphatic carbocycles. The molecule has 1 amide bonds. The molecule has 5 nitrogen and oxygen atoms in total. The highest BCUT2D eigenvalue weighted by Gasteiger charge is 2.13. The SMILES string of the molecule is Cc1cccc(N(CCC(N)=O)S(=O)O)c1. The summed E-state index contributed by atoms with van der Waals surface area (Å²) < 4.78 is 21.4. The van der Waals surface area contributed by atoms with E-state index in [-0.39, 0.29) is 13.0 Å². The van der Waals surface area contributed by atoms with Gasteiger partial charge in [-0.05, 0) is 24.6 Å². The van der Waals surface area contributed by atoms with Crippen molar-refractivity contribution in [3.63, 3.8) is 0 Å². The number of hydrogen-bond acceptors (Lipinski definition) is 2. The molecule has 0 bridgehead atoms. The van der Waals surface area contributed by atoms with E-state index in [1.807, 2.05) is 13.0 Å². The molecule has 6 heteroatoms. The lowest BCUT2D eigenvalue weighted by Crippen LogP contribution is -2.29. The number of nitrogens with zero attached hydrogens (tertiary/aromatic N) is 1. The molecule has 0 radical (unpaired) electrons. The minimum atomic E-state index is -2.15. The maximum absolute atomic E-state index is 11.1. The predicted molar refractivity (Wildman–Crippen MR) is 63.1 cm³/mol. The third-order valence-corrected chi connectivity index (χ3v) is 2.81. The maximum Gasteiger partial charge on any atom is 0.261 e. The molecule has 1 aromatic carbocycles. The molecular weight excluding hydrogens is 228 g/mol. The summed E-state index contributed by atoms with van der Waals surface area (Å²) in [5.41, 5.74) is 6.58. The second kappa shape index (κ2) is 5.62. The Hall–Kier alpha value is -1.40. The van der Waals surface area contributed by atoms with Crippen molar-refractivity contribution in [1.29, 1.82) is 0 Å². The standard InChI is InChI=1S/C10H14N2O3S/c1-8-3-2-4-9(7-8)12(16(14)15)6-5-10(11)13/h2-4,7H,5-6H2,1H3,(H2,11,13)(H,14,15). The molecular formula is C10H14N2O3S. The van der Waals surface area contributed by atoms with Gasteiger partial charge in [-0.25, -0.2) is 4.21 Å². The van der Waals surface area contributed by atoms with Crippen LogP contribution in [0.2, 0.25) is 0 Å². The van der Waals surface area contributed by atoms with Crippen LogP contribution in [0.1, 0.15) is 12.0 Å². The summed E-state index contributed by atoms with van der Waals surface area (Å²) in [5.74, 6) is -0.497. The van der Waals surface area contributed by atoms with Gasteiger partial charge in [0.1, 0.15) is 0 Å². The lowest BCUT2D eigenvalue weighted by atomic mass is 10.2. The molecule has 0 aromatic heterocycles. The number of amides is 1. The van der Waals surface area contributed by atoms with Gasteiger partial charge in [-0.2, -0.15) is 0 Å². The summed E-state index contributed by atoms with van der Waals surface area (Å²) in [6, 6.07) is 7.15. The van der Waals surface area contributed by atoms with Gasteiger partial charge in [-0.1, -0.05) is 12.1 Å². The lowest BCUT2D eigenvalue weighted by Gasteiger charge is -2.19. The molecule has 0 saturated heterocycles. The van der Waals surface area contributed by atoms with Gasteiger partial charge in [-0.15, -0.1) is 0 Å². The van der Waals surface area contributed by atoms with Gasteiger partial charge in [0.2, 0.25) is 5.91 Å². The van der Waals surface area contributed by atoms with Crippen molar-refractivity contribution in [1.82, 2.24) is 0 Å². The first-order chi connectivity index (χ1) is 7.50. The summed E-state index contributed by atoms with van der Waals surface area (Å²) in [4.78, 5) is 10.6. The van der Waals surface area contributed by atoms with Crippen molar-refractivity contribution >= 4 is 22.9 Å². The van der Waals surface area contributed by atoms with E-state index in [1.54, 1.807) is 18.2 Å². The second-order valence-corrected chi connectivity index (χ2v) is 4.29. The summed E-state index contributed by atoms with van der Waals surface area (Å²) in [5, 5.41) is 0. The molecule has 1 aromatic rings. The largest absolute Gasteiger partial charge is 0.370 e. The number of aryl methyl sites for hydroxylation is 1. The van der Waals surface area contributed by atoms with Crippen molar-refractivity contribution in [2.75, 3.05) is 10.8 Å². The molecule has 1 unspecified atom stereocenters. The van der Waals surface area contributed by atoms with Gasteiger partial charge in [0.25, 0.3) is 11.3 Å². The third kappa shape index (κ3) is 3.63. The summed E-state index contributed by atoms with van der Waals surface area (Å²) in [6.07, 6.45) is 0.0419. The van der Waals surface area contributed by atoms with Crippen molar-refractivity contribution in [2.24, 2.45) is 5.73 Å².